The fraction of sp³-hybridized carbons (Fsp3) is 0.421. The van der Waals surface area contributed by atoms with Gasteiger partial charge in [0.1, 0.15) is 5.65 Å². The molecule has 2 aliphatic heterocycles. The number of halogens is 1. The number of pyridine rings is 1. The standard InChI is InChI=1S/C19H22ClN7O/c1-12-9-26(11-17(28-12)13-6-23-24-7-13)19-21-5-4-15(25-19)16-8-22-18-3-2-14(20)10-27(16)18/h2-5,8,10,12-13,17,23-24H,6-7,9,11H2,1H3/t12-,17+/m1/s1. The molecule has 146 valence electrons. The van der Waals surface area contributed by atoms with Crippen LogP contribution in [0.25, 0.3) is 17.0 Å². The first-order valence-electron chi connectivity index (χ1n) is 9.49. The second-order valence-electron chi connectivity index (χ2n) is 7.37. The molecule has 8 nitrogen and oxygen atoms in total. The Balaban J connectivity index is 1.45. The highest BCUT2D eigenvalue weighted by Gasteiger charge is 2.34. The molecule has 3 aromatic rings. The van der Waals surface area contributed by atoms with Gasteiger partial charge in [0.15, 0.2) is 0 Å². The van der Waals surface area contributed by atoms with Gasteiger partial charge in [-0.1, -0.05) is 11.6 Å². The molecule has 2 saturated heterocycles. The number of morpholine rings is 1. The molecular formula is C19H22ClN7O. The average Bonchev–Trinajstić information content (AvgIpc) is 3.37. The van der Waals surface area contributed by atoms with Crippen molar-refractivity contribution in [1.82, 2.24) is 30.2 Å². The smallest absolute Gasteiger partial charge is 0.226 e. The summed E-state index contributed by atoms with van der Waals surface area (Å²) in [6.07, 6.45) is 5.75. The summed E-state index contributed by atoms with van der Waals surface area (Å²) in [4.78, 5) is 16.0. The molecule has 2 fully saturated rings. The van der Waals surface area contributed by atoms with E-state index in [4.69, 9.17) is 21.3 Å². The molecule has 2 atom stereocenters. The predicted molar refractivity (Wildman–Crippen MR) is 107 cm³/mol. The number of rotatable bonds is 3. The topological polar surface area (TPSA) is 79.6 Å². The Morgan fingerprint density at radius 2 is 2.00 bits per heavy atom. The van der Waals surface area contributed by atoms with E-state index in [1.165, 1.54) is 0 Å². The minimum absolute atomic E-state index is 0.126. The van der Waals surface area contributed by atoms with Crippen LogP contribution in [0.5, 0.6) is 0 Å². The minimum atomic E-state index is 0.126. The zero-order valence-electron chi connectivity index (χ0n) is 15.5. The van der Waals surface area contributed by atoms with Crippen LogP contribution in [-0.2, 0) is 4.74 Å². The lowest BCUT2D eigenvalue weighted by Gasteiger charge is -2.39. The highest BCUT2D eigenvalue weighted by molar-refractivity contribution is 6.30. The van der Waals surface area contributed by atoms with Crippen molar-refractivity contribution < 1.29 is 4.74 Å². The second-order valence-corrected chi connectivity index (χ2v) is 7.81. The van der Waals surface area contributed by atoms with Gasteiger partial charge in [-0.3, -0.25) is 15.3 Å². The number of hydrazine groups is 1. The molecule has 0 spiro atoms. The molecular weight excluding hydrogens is 378 g/mol. The Morgan fingerprint density at radius 1 is 1.14 bits per heavy atom. The Kier molecular flexibility index (Phi) is 4.64. The third kappa shape index (κ3) is 3.33. The predicted octanol–water partition coefficient (Wildman–Crippen LogP) is 1.76. The molecule has 0 amide bonds. The SMILES string of the molecule is C[C@@H]1CN(c2nccc(-c3cnc4ccc(Cl)cn34)n2)C[C@@H](C2CNNC2)O1. The highest BCUT2D eigenvalue weighted by Crippen LogP contribution is 2.25. The molecule has 0 unspecified atom stereocenters. The van der Waals surface area contributed by atoms with Gasteiger partial charge in [-0.2, -0.15) is 0 Å². The molecule has 0 saturated carbocycles. The summed E-state index contributed by atoms with van der Waals surface area (Å²) in [7, 11) is 0. The first-order chi connectivity index (χ1) is 13.7. The maximum Gasteiger partial charge on any atom is 0.226 e. The van der Waals surface area contributed by atoms with Crippen molar-refractivity contribution in [3.8, 4) is 11.4 Å². The normalized spacial score (nSPS) is 23.6. The van der Waals surface area contributed by atoms with Crippen LogP contribution in [0, 0.1) is 5.92 Å². The van der Waals surface area contributed by atoms with E-state index in [1.807, 2.05) is 35.0 Å². The van der Waals surface area contributed by atoms with E-state index in [0.717, 1.165) is 43.2 Å². The lowest BCUT2D eigenvalue weighted by molar-refractivity contribution is -0.0405. The van der Waals surface area contributed by atoms with E-state index < -0.39 is 0 Å². The second kappa shape index (κ2) is 7.29. The van der Waals surface area contributed by atoms with E-state index in [2.05, 4.69) is 32.6 Å². The number of fused-ring (bicyclic) bond motifs is 1. The van der Waals surface area contributed by atoms with E-state index >= 15 is 0 Å². The molecule has 2 N–H and O–H groups in total. The van der Waals surface area contributed by atoms with Crippen LogP contribution in [0.2, 0.25) is 5.02 Å². The number of ether oxygens (including phenoxy) is 1. The van der Waals surface area contributed by atoms with Crippen molar-refractivity contribution in [2.45, 2.75) is 19.1 Å². The van der Waals surface area contributed by atoms with E-state index in [1.54, 1.807) is 6.20 Å². The van der Waals surface area contributed by atoms with Gasteiger partial charge >= 0.3 is 0 Å². The van der Waals surface area contributed by atoms with Gasteiger partial charge in [-0.25, -0.2) is 15.0 Å². The first kappa shape index (κ1) is 17.8. The molecule has 2 aliphatic rings. The maximum absolute atomic E-state index is 6.19. The van der Waals surface area contributed by atoms with E-state index in [-0.39, 0.29) is 12.2 Å². The van der Waals surface area contributed by atoms with Crippen LogP contribution in [-0.4, -0.2) is 57.7 Å². The third-order valence-corrected chi connectivity index (χ3v) is 5.55. The number of imidazole rings is 1. The van der Waals surface area contributed by atoms with E-state index in [0.29, 0.717) is 16.9 Å². The van der Waals surface area contributed by atoms with Gasteiger partial charge in [0, 0.05) is 44.5 Å². The average molecular weight is 400 g/mol. The lowest BCUT2D eigenvalue weighted by atomic mass is 10.0. The highest BCUT2D eigenvalue weighted by atomic mass is 35.5. The molecule has 9 heteroatoms. The van der Waals surface area contributed by atoms with Gasteiger partial charge in [0.05, 0.1) is 34.8 Å². The van der Waals surface area contributed by atoms with Crippen LogP contribution in [0.4, 0.5) is 5.95 Å². The fourth-order valence-corrected chi connectivity index (χ4v) is 4.10. The molecule has 28 heavy (non-hydrogen) atoms. The number of nitrogens with one attached hydrogen (secondary N) is 2. The van der Waals surface area contributed by atoms with Crippen molar-refractivity contribution in [3.63, 3.8) is 0 Å². The van der Waals surface area contributed by atoms with Crippen LogP contribution < -0.4 is 15.8 Å². The van der Waals surface area contributed by atoms with Gasteiger partial charge in [0.25, 0.3) is 0 Å². The van der Waals surface area contributed by atoms with Crippen molar-refractivity contribution in [2.24, 2.45) is 5.92 Å². The van der Waals surface area contributed by atoms with Crippen LogP contribution in [0.3, 0.4) is 0 Å². The Labute approximate surface area is 167 Å². The van der Waals surface area contributed by atoms with Gasteiger partial charge < -0.3 is 9.64 Å². The number of hydrogen-bond donors (Lipinski definition) is 2. The van der Waals surface area contributed by atoms with Crippen LogP contribution in [0.1, 0.15) is 6.92 Å². The first-order valence-corrected chi connectivity index (χ1v) is 9.87. The maximum atomic E-state index is 6.19. The Bertz CT molecular complexity index is 987. The lowest BCUT2D eigenvalue weighted by Crippen LogP contribution is -2.51. The molecule has 0 radical (unpaired) electrons. The number of anilines is 1. The monoisotopic (exact) mass is 399 g/mol. The molecule has 0 bridgehead atoms. The van der Waals surface area contributed by atoms with Crippen LogP contribution >= 0.6 is 11.6 Å². The van der Waals surface area contributed by atoms with Gasteiger partial charge in [-0.15, -0.1) is 0 Å². The van der Waals surface area contributed by atoms with Crippen molar-refractivity contribution in [3.05, 3.63) is 41.8 Å². The van der Waals surface area contributed by atoms with Crippen molar-refractivity contribution in [1.29, 1.82) is 0 Å². The van der Waals surface area contributed by atoms with Gasteiger partial charge in [0.2, 0.25) is 5.95 Å². The largest absolute Gasteiger partial charge is 0.371 e. The summed E-state index contributed by atoms with van der Waals surface area (Å²) in [6.45, 7) is 5.47. The zero-order chi connectivity index (χ0) is 19.1. The number of hydrogen-bond acceptors (Lipinski definition) is 7. The summed E-state index contributed by atoms with van der Waals surface area (Å²) in [6, 6.07) is 5.63. The Morgan fingerprint density at radius 3 is 2.86 bits per heavy atom. The summed E-state index contributed by atoms with van der Waals surface area (Å²) < 4.78 is 8.14. The number of nitrogens with zero attached hydrogens (tertiary/aromatic N) is 5. The summed E-state index contributed by atoms with van der Waals surface area (Å²) in [5.74, 6) is 1.16. The third-order valence-electron chi connectivity index (χ3n) is 5.32. The van der Waals surface area contributed by atoms with Crippen molar-refractivity contribution in [2.75, 3.05) is 31.1 Å². The minimum Gasteiger partial charge on any atom is -0.371 e. The quantitative estimate of drug-likeness (QED) is 0.694. The molecule has 3 aromatic heterocycles. The molecule has 5 rings (SSSR count). The molecule has 0 aromatic carbocycles. The van der Waals surface area contributed by atoms with Crippen LogP contribution in [0.15, 0.2) is 36.8 Å². The number of aromatic nitrogens is 4. The summed E-state index contributed by atoms with van der Waals surface area (Å²) >= 11 is 6.17. The summed E-state index contributed by atoms with van der Waals surface area (Å²) in [5.41, 5.74) is 8.92. The van der Waals surface area contributed by atoms with Crippen molar-refractivity contribution >= 4 is 23.2 Å². The molecule has 0 aliphatic carbocycles. The zero-order valence-corrected chi connectivity index (χ0v) is 16.3. The van der Waals surface area contributed by atoms with E-state index in [9.17, 15) is 0 Å². The summed E-state index contributed by atoms with van der Waals surface area (Å²) in [5, 5.41) is 0.657. The Hall–Kier alpha value is -2.26. The fourth-order valence-electron chi connectivity index (χ4n) is 3.94. The molecule has 5 heterocycles. The van der Waals surface area contributed by atoms with Gasteiger partial charge in [-0.05, 0) is 25.1 Å².